The predicted octanol–water partition coefficient (Wildman–Crippen LogP) is 2.38. The maximum atomic E-state index is 12.9. The molecule has 1 N–H and O–H groups in total. The number of halogens is 1. The highest BCUT2D eigenvalue weighted by Gasteiger charge is 2.26. The topological polar surface area (TPSA) is 37.8 Å². The second-order valence-electron chi connectivity index (χ2n) is 5.02. The van der Waals surface area contributed by atoms with Crippen LogP contribution in [-0.4, -0.2) is 9.78 Å². The summed E-state index contributed by atoms with van der Waals surface area (Å²) in [7, 11) is 1.82. The second kappa shape index (κ2) is 4.02. The van der Waals surface area contributed by atoms with Crippen molar-refractivity contribution in [3.8, 4) is 0 Å². The Hall–Kier alpha value is -1.58. The molecule has 1 aliphatic carbocycles. The molecule has 92 valence electrons. The lowest BCUT2D eigenvalue weighted by atomic mass is 9.78. The van der Waals surface area contributed by atoms with Gasteiger partial charge in [0.05, 0.1) is 0 Å². The van der Waals surface area contributed by atoms with E-state index in [1.54, 1.807) is 10.8 Å². The summed E-state index contributed by atoms with van der Waals surface area (Å²) < 4.78 is 14.7. The Morgan fingerprint density at radius 2 is 2.29 bits per heavy atom. The van der Waals surface area contributed by atoms with E-state index >= 15 is 0 Å². The van der Waals surface area contributed by atoms with Crippen molar-refractivity contribution in [3.05, 3.63) is 45.7 Å². The molecule has 17 heavy (non-hydrogen) atoms. The molecule has 0 saturated carbocycles. The van der Waals surface area contributed by atoms with Gasteiger partial charge in [0.2, 0.25) is 0 Å². The number of allylic oxidation sites excluding steroid dienone is 4. The third kappa shape index (κ3) is 2.25. The summed E-state index contributed by atoms with van der Waals surface area (Å²) in [5, 5.41) is 2.74. The Labute approximate surface area is 99.6 Å². The molecule has 1 aromatic heterocycles. The van der Waals surface area contributed by atoms with Crippen molar-refractivity contribution in [2.75, 3.05) is 0 Å². The van der Waals surface area contributed by atoms with Crippen LogP contribution in [-0.2, 0) is 13.5 Å². The molecular formula is C13H17FN2O. The van der Waals surface area contributed by atoms with E-state index < -0.39 is 0 Å². The predicted molar refractivity (Wildman–Crippen MR) is 65.5 cm³/mol. The molecule has 1 aliphatic rings. The lowest BCUT2D eigenvalue weighted by Gasteiger charge is -2.26. The van der Waals surface area contributed by atoms with Gasteiger partial charge >= 0.3 is 0 Å². The van der Waals surface area contributed by atoms with Crippen molar-refractivity contribution in [3.63, 3.8) is 0 Å². The molecule has 0 saturated heterocycles. The maximum absolute atomic E-state index is 12.9. The summed E-state index contributed by atoms with van der Waals surface area (Å²) in [6.45, 7) is 3.96. The van der Waals surface area contributed by atoms with Crippen LogP contribution in [0.3, 0.4) is 0 Å². The zero-order valence-corrected chi connectivity index (χ0v) is 10.4. The molecule has 1 atom stereocenters. The summed E-state index contributed by atoms with van der Waals surface area (Å²) in [6.07, 6.45) is 6.18. The van der Waals surface area contributed by atoms with E-state index in [1.165, 1.54) is 6.08 Å². The first-order chi connectivity index (χ1) is 7.91. The average molecular weight is 236 g/mol. The first kappa shape index (κ1) is 11.9. The van der Waals surface area contributed by atoms with Gasteiger partial charge in [0.15, 0.2) is 0 Å². The number of rotatable bonds is 2. The van der Waals surface area contributed by atoms with E-state index in [-0.39, 0.29) is 16.8 Å². The van der Waals surface area contributed by atoms with Gasteiger partial charge in [0.1, 0.15) is 5.83 Å². The first-order valence-electron chi connectivity index (χ1n) is 5.71. The number of aromatic nitrogens is 2. The van der Waals surface area contributed by atoms with Gasteiger partial charge in [-0.2, -0.15) is 0 Å². The van der Waals surface area contributed by atoms with E-state index in [0.29, 0.717) is 12.8 Å². The lowest BCUT2D eigenvalue weighted by molar-refractivity contribution is 0.415. The van der Waals surface area contributed by atoms with Crippen molar-refractivity contribution >= 4 is 0 Å². The lowest BCUT2D eigenvalue weighted by Crippen LogP contribution is -2.22. The van der Waals surface area contributed by atoms with Gasteiger partial charge in [-0.1, -0.05) is 13.0 Å². The molecule has 0 spiro atoms. The van der Waals surface area contributed by atoms with Crippen LogP contribution in [0.1, 0.15) is 24.6 Å². The molecule has 0 fully saturated rings. The van der Waals surface area contributed by atoms with Gasteiger partial charge in [0.25, 0.3) is 5.56 Å². The SMILES string of the molecule is Cc1c(CC2(C)C=CC(F)=CC2)c(=O)[nH]n1C. The largest absolute Gasteiger partial charge is 0.292 e. The highest BCUT2D eigenvalue weighted by Crippen LogP contribution is 2.33. The van der Waals surface area contributed by atoms with Crippen LogP contribution in [0.2, 0.25) is 0 Å². The number of hydrogen-bond acceptors (Lipinski definition) is 1. The Morgan fingerprint density at radius 3 is 2.76 bits per heavy atom. The third-order valence-corrected chi connectivity index (χ3v) is 3.47. The van der Waals surface area contributed by atoms with Crippen molar-refractivity contribution in [1.82, 2.24) is 9.78 Å². The van der Waals surface area contributed by atoms with Crippen molar-refractivity contribution < 1.29 is 4.39 Å². The summed E-state index contributed by atoms with van der Waals surface area (Å²) in [4.78, 5) is 11.8. The fourth-order valence-electron chi connectivity index (χ4n) is 2.16. The van der Waals surface area contributed by atoms with Gasteiger partial charge in [-0.25, -0.2) is 4.39 Å². The van der Waals surface area contributed by atoms with Crippen LogP contribution in [0.5, 0.6) is 0 Å². The van der Waals surface area contributed by atoms with Crippen LogP contribution < -0.4 is 5.56 Å². The number of aryl methyl sites for hydroxylation is 1. The van der Waals surface area contributed by atoms with Crippen LogP contribution in [0.4, 0.5) is 4.39 Å². The molecule has 2 rings (SSSR count). The van der Waals surface area contributed by atoms with E-state index in [0.717, 1.165) is 11.3 Å². The molecule has 0 radical (unpaired) electrons. The molecule has 0 aromatic carbocycles. The van der Waals surface area contributed by atoms with Crippen LogP contribution in [0.15, 0.2) is 28.8 Å². The highest BCUT2D eigenvalue weighted by molar-refractivity contribution is 5.26. The van der Waals surface area contributed by atoms with E-state index in [1.807, 2.05) is 27.0 Å². The Bertz CT molecular complexity index is 550. The standard InChI is InChI=1S/C13H17FN2O/c1-9-11(12(17)15-16(9)3)8-13(2)6-4-10(14)5-7-13/h4-6H,7-8H2,1-3H3,(H,15,17). The van der Waals surface area contributed by atoms with E-state index in [4.69, 9.17) is 0 Å². The zero-order valence-electron chi connectivity index (χ0n) is 10.4. The Balaban J connectivity index is 2.28. The van der Waals surface area contributed by atoms with Crippen LogP contribution in [0, 0.1) is 12.3 Å². The minimum Gasteiger partial charge on any atom is -0.292 e. The minimum absolute atomic E-state index is 0.0466. The monoisotopic (exact) mass is 236 g/mol. The quantitative estimate of drug-likeness (QED) is 0.841. The molecule has 0 amide bonds. The smallest absolute Gasteiger partial charge is 0.267 e. The average Bonchev–Trinajstić information content (AvgIpc) is 2.50. The Morgan fingerprint density at radius 1 is 1.59 bits per heavy atom. The molecular weight excluding hydrogens is 219 g/mol. The maximum Gasteiger partial charge on any atom is 0.267 e. The molecule has 0 bridgehead atoms. The summed E-state index contributed by atoms with van der Waals surface area (Å²) in [6, 6.07) is 0. The third-order valence-electron chi connectivity index (χ3n) is 3.47. The number of nitrogens with one attached hydrogen (secondary N) is 1. The second-order valence-corrected chi connectivity index (χ2v) is 5.02. The van der Waals surface area contributed by atoms with Gasteiger partial charge < -0.3 is 0 Å². The van der Waals surface area contributed by atoms with Gasteiger partial charge in [-0.3, -0.25) is 14.6 Å². The number of hydrogen-bond donors (Lipinski definition) is 1. The summed E-state index contributed by atoms with van der Waals surface area (Å²) >= 11 is 0. The number of aromatic amines is 1. The van der Waals surface area contributed by atoms with Gasteiger partial charge in [0, 0.05) is 18.3 Å². The first-order valence-corrected chi connectivity index (χ1v) is 5.71. The fourth-order valence-corrected chi connectivity index (χ4v) is 2.16. The van der Waals surface area contributed by atoms with Crippen molar-refractivity contribution in [2.24, 2.45) is 12.5 Å². The molecule has 1 unspecified atom stereocenters. The van der Waals surface area contributed by atoms with Crippen molar-refractivity contribution in [1.29, 1.82) is 0 Å². The van der Waals surface area contributed by atoms with Crippen LogP contribution in [0.25, 0.3) is 0 Å². The normalized spacial score (nSPS) is 23.9. The fraction of sp³-hybridized carbons (Fsp3) is 0.462. The highest BCUT2D eigenvalue weighted by atomic mass is 19.1. The molecule has 4 heteroatoms. The Kier molecular flexibility index (Phi) is 2.81. The number of H-pyrrole nitrogens is 1. The van der Waals surface area contributed by atoms with E-state index in [9.17, 15) is 9.18 Å². The summed E-state index contributed by atoms with van der Waals surface area (Å²) in [5.74, 6) is -0.193. The van der Waals surface area contributed by atoms with Crippen molar-refractivity contribution in [2.45, 2.75) is 26.7 Å². The molecule has 1 heterocycles. The number of nitrogens with zero attached hydrogens (tertiary/aromatic N) is 1. The minimum atomic E-state index is -0.193. The van der Waals surface area contributed by atoms with Gasteiger partial charge in [-0.05, 0) is 37.3 Å². The van der Waals surface area contributed by atoms with Gasteiger partial charge in [-0.15, -0.1) is 0 Å². The zero-order chi connectivity index (χ0) is 12.6. The molecule has 1 aromatic rings. The molecule has 0 aliphatic heterocycles. The van der Waals surface area contributed by atoms with Crippen LogP contribution >= 0.6 is 0 Å². The molecule has 3 nitrogen and oxygen atoms in total. The summed E-state index contributed by atoms with van der Waals surface area (Å²) in [5.41, 5.74) is 1.51. The van der Waals surface area contributed by atoms with E-state index in [2.05, 4.69) is 5.10 Å².